The van der Waals surface area contributed by atoms with E-state index >= 15 is 0 Å². The zero-order valence-electron chi connectivity index (χ0n) is 26.2. The topological polar surface area (TPSA) is 121 Å². The highest BCUT2D eigenvalue weighted by Gasteiger charge is 2.37. The minimum Gasteiger partial charge on any atom is -0.481 e. The average molecular weight is 589 g/mol. The molecule has 0 radical (unpaired) electrons. The third-order valence-corrected chi connectivity index (χ3v) is 6.14. The quantitative estimate of drug-likeness (QED) is 0.0709. The van der Waals surface area contributed by atoms with Crippen molar-refractivity contribution in [1.82, 2.24) is 0 Å². The Balaban J connectivity index is 0.000000448. The number of hydrogen-bond acceptors (Lipinski definition) is 8. The molecule has 0 spiro atoms. The number of benzene rings is 2. The molecule has 9 heteroatoms. The summed E-state index contributed by atoms with van der Waals surface area (Å²) < 4.78 is 22.4. The summed E-state index contributed by atoms with van der Waals surface area (Å²) in [6.45, 7) is 11.6. The number of carboxylic acid groups (broad SMARTS) is 1. The molecule has 0 saturated carbocycles. The van der Waals surface area contributed by atoms with E-state index in [1.165, 1.54) is 11.4 Å². The summed E-state index contributed by atoms with van der Waals surface area (Å²) in [4.78, 5) is 24.9. The van der Waals surface area contributed by atoms with E-state index in [9.17, 15) is 9.59 Å². The minimum absolute atomic E-state index is 0.0117. The second-order valence-electron chi connectivity index (χ2n) is 10.2. The molecule has 42 heavy (non-hydrogen) atoms. The van der Waals surface area contributed by atoms with Gasteiger partial charge in [0, 0.05) is 42.6 Å². The van der Waals surface area contributed by atoms with Gasteiger partial charge < -0.3 is 34.7 Å². The normalized spacial score (nSPS) is 11.1. The summed E-state index contributed by atoms with van der Waals surface area (Å²) in [6.07, 6.45) is 4.57. The Morgan fingerprint density at radius 1 is 0.833 bits per heavy atom. The van der Waals surface area contributed by atoms with Crippen LogP contribution in [0.15, 0.2) is 54.6 Å². The monoisotopic (exact) mass is 588 g/mol. The van der Waals surface area contributed by atoms with Gasteiger partial charge in [0.05, 0.1) is 13.2 Å². The maximum absolute atomic E-state index is 12.1. The van der Waals surface area contributed by atoms with E-state index < -0.39 is 17.9 Å². The number of nitrogens with two attached hydrogens (primary N) is 1. The number of esters is 1. The Morgan fingerprint density at radius 2 is 1.38 bits per heavy atom. The van der Waals surface area contributed by atoms with Crippen molar-refractivity contribution in [2.45, 2.75) is 98.0 Å². The molecule has 0 bridgehead atoms. The number of carbonyl (C=O) groups excluding carboxylic acids is 1. The summed E-state index contributed by atoms with van der Waals surface area (Å²) in [6, 6.07) is 18.8. The van der Waals surface area contributed by atoms with E-state index in [4.69, 9.17) is 29.8 Å². The number of nitrogens with zero attached hydrogens (tertiary/aromatic N) is 1. The fraction of sp³-hybridized carbons (Fsp3) is 0.576. The van der Waals surface area contributed by atoms with E-state index in [0.29, 0.717) is 38.7 Å². The average Bonchev–Trinajstić information content (AvgIpc) is 2.96. The molecule has 0 aromatic heterocycles. The number of carboxylic acids is 1. The molecule has 0 atom stereocenters. The molecule has 9 nitrogen and oxygen atoms in total. The Labute approximate surface area is 252 Å². The molecule has 2 aromatic rings. The van der Waals surface area contributed by atoms with Crippen molar-refractivity contribution >= 4 is 29.0 Å². The Kier molecular flexibility index (Phi) is 18.9. The summed E-state index contributed by atoms with van der Waals surface area (Å²) in [5.74, 6) is -2.87. The maximum Gasteiger partial charge on any atom is 0.354 e. The van der Waals surface area contributed by atoms with Crippen molar-refractivity contribution in [3.05, 3.63) is 54.6 Å². The first kappa shape index (κ1) is 36.9. The Bertz CT molecular complexity index is 974. The molecular formula is C33H52N2O7. The predicted molar refractivity (Wildman–Crippen MR) is 168 cm³/mol. The second kappa shape index (κ2) is 21.5. The van der Waals surface area contributed by atoms with Gasteiger partial charge in [0.2, 0.25) is 0 Å². The largest absolute Gasteiger partial charge is 0.481 e. The number of aliphatic carboxylic acids is 1. The Morgan fingerprint density at radius 3 is 1.88 bits per heavy atom. The van der Waals surface area contributed by atoms with Gasteiger partial charge in [0.1, 0.15) is 6.61 Å². The van der Waals surface area contributed by atoms with Crippen LogP contribution in [0.1, 0.15) is 86.0 Å². The number of nitrogen functional groups attached to an aromatic ring is 1. The number of unbranched alkanes of at least 4 members (excludes halogenated alkanes) is 3. The summed E-state index contributed by atoms with van der Waals surface area (Å²) >= 11 is 0. The molecule has 0 heterocycles. The third kappa shape index (κ3) is 15.2. The number of hydrogen-bond donors (Lipinski definition) is 2. The first-order valence-electron chi connectivity index (χ1n) is 15.2. The molecule has 2 rings (SSSR count). The highest BCUT2D eigenvalue weighted by atomic mass is 16.9. The van der Waals surface area contributed by atoms with Gasteiger partial charge >= 0.3 is 17.9 Å². The van der Waals surface area contributed by atoms with Crippen LogP contribution in [-0.4, -0.2) is 55.5 Å². The minimum atomic E-state index is -1.52. The van der Waals surface area contributed by atoms with E-state index in [-0.39, 0.29) is 19.4 Å². The van der Waals surface area contributed by atoms with Crippen LogP contribution in [0, 0.1) is 0 Å². The van der Waals surface area contributed by atoms with Crippen molar-refractivity contribution in [3.63, 3.8) is 0 Å². The maximum atomic E-state index is 12.1. The number of carbonyl (C=O) groups is 2. The molecule has 0 unspecified atom stereocenters. The summed E-state index contributed by atoms with van der Waals surface area (Å²) in [5.41, 5.74) is 8.89. The number of ether oxygens (including phenoxy) is 4. The number of rotatable bonds is 20. The van der Waals surface area contributed by atoms with Crippen LogP contribution in [0.3, 0.4) is 0 Å². The van der Waals surface area contributed by atoms with Crippen LogP contribution in [-0.2, 0) is 28.5 Å². The van der Waals surface area contributed by atoms with E-state index in [1.807, 2.05) is 39.0 Å². The van der Waals surface area contributed by atoms with Crippen LogP contribution in [0.5, 0.6) is 0 Å². The van der Waals surface area contributed by atoms with Gasteiger partial charge in [-0.1, -0.05) is 44.9 Å². The first-order chi connectivity index (χ1) is 20.2. The molecular weight excluding hydrogens is 536 g/mol. The SMILES string of the molecule is CC(C)N(c1ccccc1)c1ccc(N)cc1.CCCCOC(COCC)(OCCCC)OC(=O)CCCCC(=O)O. The molecule has 0 aliphatic heterocycles. The van der Waals surface area contributed by atoms with Crippen LogP contribution < -0.4 is 10.6 Å². The van der Waals surface area contributed by atoms with Gasteiger partial charge in [-0.2, -0.15) is 0 Å². The van der Waals surface area contributed by atoms with Crippen molar-refractivity contribution in [2.75, 3.05) is 37.1 Å². The molecule has 2 aromatic carbocycles. The Hall–Kier alpha value is -3.14. The van der Waals surface area contributed by atoms with Crippen molar-refractivity contribution < 1.29 is 33.6 Å². The van der Waals surface area contributed by atoms with Crippen molar-refractivity contribution in [1.29, 1.82) is 0 Å². The van der Waals surface area contributed by atoms with Gasteiger partial charge in [-0.15, -0.1) is 0 Å². The fourth-order valence-corrected chi connectivity index (χ4v) is 3.92. The van der Waals surface area contributed by atoms with Gasteiger partial charge in [-0.05, 0) is 82.9 Å². The van der Waals surface area contributed by atoms with Crippen LogP contribution in [0.4, 0.5) is 17.1 Å². The molecule has 0 amide bonds. The molecule has 0 aliphatic carbocycles. The molecule has 0 fully saturated rings. The molecule has 0 saturated heterocycles. The smallest absolute Gasteiger partial charge is 0.354 e. The lowest BCUT2D eigenvalue weighted by molar-refractivity contribution is -0.378. The molecule has 0 aliphatic rings. The summed E-state index contributed by atoms with van der Waals surface area (Å²) in [7, 11) is 0. The van der Waals surface area contributed by atoms with Gasteiger partial charge in [-0.25, -0.2) is 0 Å². The van der Waals surface area contributed by atoms with E-state index in [0.717, 1.165) is 31.4 Å². The lowest BCUT2D eigenvalue weighted by Crippen LogP contribution is -2.46. The zero-order chi connectivity index (χ0) is 31.2. The van der Waals surface area contributed by atoms with Crippen LogP contribution in [0.25, 0.3) is 0 Å². The highest BCUT2D eigenvalue weighted by molar-refractivity contribution is 5.70. The third-order valence-electron chi connectivity index (χ3n) is 6.14. The van der Waals surface area contributed by atoms with Crippen molar-refractivity contribution in [2.24, 2.45) is 0 Å². The van der Waals surface area contributed by atoms with Crippen molar-refractivity contribution in [3.8, 4) is 0 Å². The highest BCUT2D eigenvalue weighted by Crippen LogP contribution is 2.28. The standard InChI is InChI=1S/C18H34O7.C15H18N2/c1-4-7-13-23-18(15-22-6-3,24-14-8-5-2)25-17(21)12-10-9-11-16(19)20;1-12(2)17(14-6-4-3-5-7-14)15-10-8-13(16)9-11-15/h4-15H2,1-3H3,(H,19,20);3-12H,16H2,1-2H3. The van der Waals surface area contributed by atoms with Crippen LogP contribution in [0.2, 0.25) is 0 Å². The summed E-state index contributed by atoms with van der Waals surface area (Å²) in [5, 5.41) is 8.63. The first-order valence-corrected chi connectivity index (χ1v) is 15.2. The number of para-hydroxylation sites is 1. The van der Waals surface area contributed by atoms with E-state index in [1.54, 1.807) is 0 Å². The molecule has 236 valence electrons. The van der Waals surface area contributed by atoms with Crippen LogP contribution >= 0.6 is 0 Å². The number of anilines is 3. The lowest BCUT2D eigenvalue weighted by Gasteiger charge is -2.32. The second-order valence-corrected chi connectivity index (χ2v) is 10.2. The fourth-order valence-electron chi connectivity index (χ4n) is 3.92. The zero-order valence-corrected chi connectivity index (χ0v) is 26.2. The van der Waals surface area contributed by atoms with E-state index in [2.05, 4.69) is 55.1 Å². The lowest BCUT2D eigenvalue weighted by atomic mass is 10.2. The predicted octanol–water partition coefficient (Wildman–Crippen LogP) is 7.31. The van der Waals surface area contributed by atoms with Gasteiger partial charge in [0.25, 0.3) is 0 Å². The molecule has 3 N–H and O–H groups in total. The van der Waals surface area contributed by atoms with Gasteiger partial charge in [0.15, 0.2) is 0 Å². The van der Waals surface area contributed by atoms with Gasteiger partial charge in [-0.3, -0.25) is 9.59 Å².